The third-order valence-electron chi connectivity index (χ3n) is 8.89. The normalized spacial score (nSPS) is 20.0. The Morgan fingerprint density at radius 1 is 0.955 bits per heavy atom. The molecule has 6 rings (SSSR count). The van der Waals surface area contributed by atoms with Crippen LogP contribution in [0, 0.1) is 0 Å². The Kier molecular flexibility index (Phi) is 8.36. The number of carbonyl (C=O) groups is 2. The Hall–Kier alpha value is -3.93. The van der Waals surface area contributed by atoms with Crippen molar-refractivity contribution < 1.29 is 14.3 Å². The highest BCUT2D eigenvalue weighted by molar-refractivity contribution is 5.97. The maximum absolute atomic E-state index is 13.0. The second-order valence-corrected chi connectivity index (χ2v) is 13.4. The number of ether oxygens (including phenoxy) is 1. The van der Waals surface area contributed by atoms with E-state index in [1.165, 1.54) is 0 Å². The summed E-state index contributed by atoms with van der Waals surface area (Å²) < 4.78 is 7.69. The van der Waals surface area contributed by atoms with E-state index in [1.807, 2.05) is 44.0 Å². The predicted octanol–water partition coefficient (Wildman–Crippen LogP) is 4.52. The Morgan fingerprint density at radius 3 is 2.36 bits per heavy atom. The highest BCUT2D eigenvalue weighted by atomic mass is 16.6. The topological polar surface area (TPSA) is 112 Å². The third kappa shape index (κ3) is 6.45. The summed E-state index contributed by atoms with van der Waals surface area (Å²) in [6, 6.07) is 6.60. The second kappa shape index (κ2) is 12.2. The van der Waals surface area contributed by atoms with Gasteiger partial charge in [-0.3, -0.25) is 9.69 Å². The van der Waals surface area contributed by atoms with Crippen molar-refractivity contribution in [3.8, 4) is 0 Å². The predicted molar refractivity (Wildman–Crippen MR) is 171 cm³/mol. The molecule has 2 aliphatic heterocycles. The van der Waals surface area contributed by atoms with Crippen LogP contribution in [0.2, 0.25) is 0 Å². The van der Waals surface area contributed by atoms with Crippen LogP contribution in [0.5, 0.6) is 0 Å². The molecule has 1 aliphatic carbocycles. The maximum Gasteiger partial charge on any atom is 0.410 e. The smallest absolute Gasteiger partial charge is 0.410 e. The van der Waals surface area contributed by atoms with Crippen LogP contribution in [-0.4, -0.2) is 111 Å². The van der Waals surface area contributed by atoms with Crippen LogP contribution >= 0.6 is 0 Å². The molecular formula is C32H45N9O3. The van der Waals surface area contributed by atoms with E-state index in [9.17, 15) is 9.59 Å². The summed E-state index contributed by atoms with van der Waals surface area (Å²) in [7, 11) is 3.56. The van der Waals surface area contributed by atoms with Crippen molar-refractivity contribution >= 4 is 40.5 Å². The van der Waals surface area contributed by atoms with Crippen LogP contribution in [0.4, 0.5) is 22.2 Å². The lowest BCUT2D eigenvalue weighted by Crippen LogP contribution is -2.51. The van der Waals surface area contributed by atoms with Crippen LogP contribution in [0.25, 0.3) is 11.0 Å². The van der Waals surface area contributed by atoms with Crippen molar-refractivity contribution in [2.75, 3.05) is 63.6 Å². The zero-order chi connectivity index (χ0) is 31.0. The van der Waals surface area contributed by atoms with Gasteiger partial charge in [0, 0.05) is 77.0 Å². The number of pyridine rings is 1. The summed E-state index contributed by atoms with van der Waals surface area (Å²) >= 11 is 0. The number of nitrogens with zero attached hydrogens (tertiary/aromatic N) is 8. The number of aromatic nitrogens is 4. The Bertz CT molecular complexity index is 1480. The molecule has 0 aromatic carbocycles. The first kappa shape index (κ1) is 30.1. The van der Waals surface area contributed by atoms with Crippen molar-refractivity contribution in [3.63, 3.8) is 0 Å². The summed E-state index contributed by atoms with van der Waals surface area (Å²) in [5.41, 5.74) is 2.05. The van der Waals surface area contributed by atoms with Crippen molar-refractivity contribution in [1.29, 1.82) is 0 Å². The molecule has 3 aromatic rings. The van der Waals surface area contributed by atoms with E-state index in [0.717, 1.165) is 88.1 Å². The number of anilines is 3. The number of amides is 2. The summed E-state index contributed by atoms with van der Waals surface area (Å²) in [6.07, 6.45) is 8.87. The standard InChI is InChI=1S/C32H45N9O3/c1-32(2,3)44-31(43)40-13-12-25(21-40)39-16-14-38(15-17-39)24-10-11-27(33-20-24)35-30-34-19-22-18-26(29(42)37(4)5)41(28(22)36-30)23-8-6-7-9-23/h10-11,18-20,23,25H,6-9,12-17,21H2,1-5H3,(H,33,34,35,36)/t25-/m0/s1. The molecule has 1 atom stereocenters. The maximum atomic E-state index is 13.0. The molecule has 2 saturated heterocycles. The molecule has 5 heterocycles. The minimum atomic E-state index is -0.473. The first-order valence-electron chi connectivity index (χ1n) is 15.9. The van der Waals surface area contributed by atoms with Gasteiger partial charge in [-0.1, -0.05) is 12.8 Å². The quantitative estimate of drug-likeness (QED) is 0.435. The Balaban J connectivity index is 1.07. The molecular weight excluding hydrogens is 558 g/mol. The zero-order valence-corrected chi connectivity index (χ0v) is 26.6. The summed E-state index contributed by atoms with van der Waals surface area (Å²) in [5.74, 6) is 1.11. The van der Waals surface area contributed by atoms with Gasteiger partial charge in [0.2, 0.25) is 5.95 Å². The number of carbonyl (C=O) groups excluding carboxylic acids is 2. The van der Waals surface area contributed by atoms with Gasteiger partial charge in [-0.2, -0.15) is 4.98 Å². The molecule has 0 bridgehead atoms. The lowest BCUT2D eigenvalue weighted by molar-refractivity contribution is 0.0279. The van der Waals surface area contributed by atoms with Gasteiger partial charge >= 0.3 is 6.09 Å². The largest absolute Gasteiger partial charge is 0.444 e. The number of hydrogen-bond acceptors (Lipinski definition) is 9. The van der Waals surface area contributed by atoms with E-state index in [-0.39, 0.29) is 18.0 Å². The van der Waals surface area contributed by atoms with E-state index in [2.05, 4.69) is 35.7 Å². The van der Waals surface area contributed by atoms with Crippen molar-refractivity contribution in [1.82, 2.24) is 34.2 Å². The van der Waals surface area contributed by atoms with Gasteiger partial charge in [0.1, 0.15) is 22.8 Å². The zero-order valence-electron chi connectivity index (χ0n) is 26.6. The van der Waals surface area contributed by atoms with Crippen LogP contribution in [0.3, 0.4) is 0 Å². The van der Waals surface area contributed by atoms with Gasteiger partial charge in [0.15, 0.2) is 0 Å². The lowest BCUT2D eigenvalue weighted by Gasteiger charge is -2.39. The van der Waals surface area contributed by atoms with Crippen LogP contribution in [0.1, 0.15) is 69.4 Å². The summed E-state index contributed by atoms with van der Waals surface area (Å²) in [5, 5.41) is 4.13. The fourth-order valence-electron chi connectivity index (χ4n) is 6.63. The molecule has 2 amide bonds. The Labute approximate surface area is 259 Å². The highest BCUT2D eigenvalue weighted by Crippen LogP contribution is 2.35. The minimum absolute atomic E-state index is 0.0199. The highest BCUT2D eigenvalue weighted by Gasteiger charge is 2.34. The summed E-state index contributed by atoms with van der Waals surface area (Å²) in [6.45, 7) is 10.9. The third-order valence-corrected chi connectivity index (χ3v) is 8.89. The molecule has 44 heavy (non-hydrogen) atoms. The van der Waals surface area contributed by atoms with Gasteiger partial charge in [-0.25, -0.2) is 14.8 Å². The first-order valence-corrected chi connectivity index (χ1v) is 15.9. The van der Waals surface area contributed by atoms with E-state index in [1.54, 1.807) is 25.2 Å². The van der Waals surface area contributed by atoms with Gasteiger partial charge in [-0.05, 0) is 58.2 Å². The molecule has 1 saturated carbocycles. The van der Waals surface area contributed by atoms with Crippen LogP contribution < -0.4 is 10.2 Å². The first-order chi connectivity index (χ1) is 21.1. The fourth-order valence-corrected chi connectivity index (χ4v) is 6.63. The van der Waals surface area contributed by atoms with Crippen molar-refractivity contribution in [2.45, 2.75) is 70.6 Å². The average molecular weight is 604 g/mol. The van der Waals surface area contributed by atoms with Crippen molar-refractivity contribution in [3.05, 3.63) is 36.3 Å². The molecule has 1 N–H and O–H groups in total. The lowest BCUT2D eigenvalue weighted by atomic mass is 10.2. The van der Waals surface area contributed by atoms with Gasteiger partial charge in [-0.15, -0.1) is 0 Å². The SMILES string of the molecule is CN(C)C(=O)c1cc2cnc(Nc3ccc(N4CCN([C@H]5CCN(C(=O)OC(C)(C)C)C5)CC4)cn3)nc2n1C1CCCC1. The molecule has 3 aliphatic rings. The van der Waals surface area contributed by atoms with Gasteiger partial charge in [0.25, 0.3) is 5.91 Å². The average Bonchev–Trinajstić information content (AvgIpc) is 3.76. The molecule has 12 heteroatoms. The molecule has 0 radical (unpaired) electrons. The van der Waals surface area contributed by atoms with E-state index >= 15 is 0 Å². The number of likely N-dealkylation sites (tertiary alicyclic amines) is 1. The van der Waals surface area contributed by atoms with E-state index in [4.69, 9.17) is 9.72 Å². The molecule has 0 unspecified atom stereocenters. The molecule has 0 spiro atoms. The number of fused-ring (bicyclic) bond motifs is 1. The molecule has 3 fully saturated rings. The monoisotopic (exact) mass is 603 g/mol. The number of hydrogen-bond donors (Lipinski definition) is 1. The van der Waals surface area contributed by atoms with E-state index < -0.39 is 5.60 Å². The number of rotatable bonds is 6. The molecule has 3 aromatic heterocycles. The summed E-state index contributed by atoms with van der Waals surface area (Å²) in [4.78, 5) is 47.8. The number of piperazine rings is 1. The number of nitrogens with one attached hydrogen (secondary N) is 1. The van der Waals surface area contributed by atoms with Gasteiger partial charge in [0.05, 0.1) is 11.9 Å². The minimum Gasteiger partial charge on any atom is -0.444 e. The fraction of sp³-hybridized carbons (Fsp3) is 0.594. The van der Waals surface area contributed by atoms with Crippen molar-refractivity contribution in [2.24, 2.45) is 0 Å². The van der Waals surface area contributed by atoms with Crippen LogP contribution in [-0.2, 0) is 4.74 Å². The second-order valence-electron chi connectivity index (χ2n) is 13.4. The van der Waals surface area contributed by atoms with Gasteiger partial charge < -0.3 is 29.3 Å². The Morgan fingerprint density at radius 2 is 1.70 bits per heavy atom. The molecule has 236 valence electrons. The molecule has 12 nitrogen and oxygen atoms in total. The van der Waals surface area contributed by atoms with E-state index in [0.29, 0.717) is 23.5 Å². The van der Waals surface area contributed by atoms with Crippen LogP contribution in [0.15, 0.2) is 30.6 Å².